The van der Waals surface area contributed by atoms with E-state index in [0.29, 0.717) is 19.3 Å². The number of nitrogens with one attached hydrogen (secondary N) is 1. The second-order valence-corrected chi connectivity index (χ2v) is 22.1. The molecule has 422 valence electrons. The zero-order valence-corrected chi connectivity index (χ0v) is 46.2. The van der Waals surface area contributed by atoms with Gasteiger partial charge in [-0.15, -0.1) is 0 Å². The van der Waals surface area contributed by atoms with E-state index < -0.39 is 75.2 Å². The van der Waals surface area contributed by atoms with Crippen LogP contribution in [-0.4, -0.2) is 108 Å². The summed E-state index contributed by atoms with van der Waals surface area (Å²) in [6, 6.07) is -1.27. The first kappa shape index (κ1) is 68.3. The van der Waals surface area contributed by atoms with E-state index in [1.807, 2.05) is 0 Å². The average Bonchev–Trinajstić information content (AvgIpc) is 3.36. The van der Waals surface area contributed by atoms with E-state index in [4.69, 9.17) is 9.05 Å². The van der Waals surface area contributed by atoms with Crippen molar-refractivity contribution < 1.29 is 59.0 Å². The van der Waals surface area contributed by atoms with E-state index in [2.05, 4.69) is 55.6 Å². The number of phosphoric ester groups is 1. The average molecular weight is 1040 g/mol. The molecule has 0 aromatic heterocycles. The Kier molecular flexibility index (Phi) is 44.1. The number of allylic oxidation sites excluding steroid dienone is 7. The third-order valence-electron chi connectivity index (χ3n) is 13.9. The summed E-state index contributed by atoms with van der Waals surface area (Å²) in [6.45, 7) is 3.77. The summed E-state index contributed by atoms with van der Waals surface area (Å²) in [6.07, 6.45) is 44.8. The highest BCUT2D eigenvalue weighted by molar-refractivity contribution is 7.47. The van der Waals surface area contributed by atoms with Gasteiger partial charge in [-0.2, -0.15) is 0 Å². The van der Waals surface area contributed by atoms with Crippen molar-refractivity contribution in [3.05, 3.63) is 48.6 Å². The Bertz CT molecular complexity index is 1410. The molecule has 0 aliphatic heterocycles. The van der Waals surface area contributed by atoms with Crippen molar-refractivity contribution in [1.82, 2.24) is 5.32 Å². The predicted molar refractivity (Wildman–Crippen MR) is 293 cm³/mol. The molecule has 1 fully saturated rings. The fourth-order valence-electron chi connectivity index (χ4n) is 9.15. The Hall–Kier alpha value is -1.74. The number of phosphoric acid groups is 1. The van der Waals surface area contributed by atoms with Crippen LogP contribution in [0.1, 0.15) is 251 Å². The fourth-order valence-corrected chi connectivity index (χ4v) is 10.1. The SMILES string of the molecule is CCCCCCCCCCCCC/C=C/CC/C=C/CC/C=C/C(O)C(COP(=O)(O)OC1C(O)C(O)C(O)C(O)C1O)NC(=O)CC(O)CCCCCCC/C=C\CCCCCCCCCCCCCC. The largest absolute Gasteiger partial charge is 0.472 e. The first-order valence-electron chi connectivity index (χ1n) is 29.2. The van der Waals surface area contributed by atoms with Gasteiger partial charge in [0.15, 0.2) is 0 Å². The van der Waals surface area contributed by atoms with Crippen LogP contribution in [0.15, 0.2) is 48.6 Å². The number of hydrogen-bond donors (Lipinski definition) is 9. The number of amides is 1. The number of unbranched alkanes of at least 4 members (excludes halogenated alkanes) is 30. The summed E-state index contributed by atoms with van der Waals surface area (Å²) in [7, 11) is -5.16. The second-order valence-electron chi connectivity index (χ2n) is 20.7. The number of aliphatic hydroxyl groups excluding tert-OH is 7. The molecule has 0 spiro atoms. The fraction of sp³-hybridized carbons (Fsp3) is 0.845. The minimum absolute atomic E-state index is 0.262. The molecular formula is C58H108NO12P. The first-order valence-corrected chi connectivity index (χ1v) is 30.7. The summed E-state index contributed by atoms with van der Waals surface area (Å²) in [4.78, 5) is 23.6. The Morgan fingerprint density at radius 1 is 0.486 bits per heavy atom. The molecule has 8 unspecified atom stereocenters. The number of carbonyl (C=O) groups excluding carboxylic acids is 1. The molecule has 0 heterocycles. The maximum atomic E-state index is 13.1. The van der Waals surface area contributed by atoms with Crippen molar-refractivity contribution in [2.75, 3.05) is 6.61 Å². The zero-order chi connectivity index (χ0) is 52.9. The molecule has 1 aliphatic rings. The Morgan fingerprint density at radius 2 is 0.819 bits per heavy atom. The molecule has 14 heteroatoms. The molecule has 9 N–H and O–H groups in total. The number of aliphatic hydroxyl groups is 7. The van der Waals surface area contributed by atoms with Gasteiger partial charge in [-0.05, 0) is 70.6 Å². The van der Waals surface area contributed by atoms with Crippen molar-refractivity contribution in [2.45, 2.75) is 306 Å². The van der Waals surface area contributed by atoms with Gasteiger partial charge in [0, 0.05) is 0 Å². The van der Waals surface area contributed by atoms with Crippen LogP contribution in [0, 0.1) is 0 Å². The van der Waals surface area contributed by atoms with E-state index in [-0.39, 0.29) is 6.42 Å². The van der Waals surface area contributed by atoms with Crippen molar-refractivity contribution in [1.29, 1.82) is 0 Å². The van der Waals surface area contributed by atoms with Crippen molar-refractivity contribution in [2.24, 2.45) is 0 Å². The quantitative estimate of drug-likeness (QED) is 0.0158. The van der Waals surface area contributed by atoms with Crippen molar-refractivity contribution in [3.8, 4) is 0 Å². The predicted octanol–water partition coefficient (Wildman–Crippen LogP) is 12.2. The minimum atomic E-state index is -5.16. The molecule has 0 radical (unpaired) electrons. The number of carbonyl (C=O) groups is 1. The standard InChI is InChI=1S/C58H108NO12P/c1-3-5-7-9-11-13-15-17-19-21-23-25-27-29-31-33-35-37-39-41-43-45-49(60)47-52(62)59-50(48-70-72(68,69)71-58-56(66)54(64)53(63)55(65)57(58)67)51(61)46-44-42-40-38-36-34-32-30-28-26-24-22-20-18-16-14-12-10-8-6-4-2/h28-31,36,38,44,46,49-51,53-58,60-61,63-67H,3-27,32-35,37,39-43,45,47-48H2,1-2H3,(H,59,62)(H,68,69)/b30-28+,31-29-,38-36+,46-44+. The lowest BCUT2D eigenvalue weighted by molar-refractivity contribution is -0.220. The van der Waals surface area contributed by atoms with Gasteiger partial charge in [0.1, 0.15) is 36.6 Å². The molecule has 1 aliphatic carbocycles. The second kappa shape index (κ2) is 46.6. The van der Waals surface area contributed by atoms with Gasteiger partial charge < -0.3 is 46.0 Å². The van der Waals surface area contributed by atoms with Gasteiger partial charge in [-0.1, -0.05) is 223 Å². The van der Waals surface area contributed by atoms with Crippen LogP contribution in [0.3, 0.4) is 0 Å². The minimum Gasteiger partial charge on any atom is -0.393 e. The number of hydrogen-bond acceptors (Lipinski definition) is 11. The molecule has 1 amide bonds. The summed E-state index contributed by atoms with van der Waals surface area (Å²) in [5, 5.41) is 74.9. The third kappa shape index (κ3) is 37.1. The first-order chi connectivity index (χ1) is 34.8. The maximum absolute atomic E-state index is 13.1. The monoisotopic (exact) mass is 1040 g/mol. The lowest BCUT2D eigenvalue weighted by Crippen LogP contribution is -2.64. The highest BCUT2D eigenvalue weighted by Crippen LogP contribution is 2.47. The van der Waals surface area contributed by atoms with E-state index in [9.17, 15) is 50.0 Å². The van der Waals surface area contributed by atoms with E-state index >= 15 is 0 Å². The maximum Gasteiger partial charge on any atom is 0.472 e. The molecule has 0 bridgehead atoms. The Morgan fingerprint density at radius 3 is 1.22 bits per heavy atom. The van der Waals surface area contributed by atoms with Crippen molar-refractivity contribution in [3.63, 3.8) is 0 Å². The van der Waals surface area contributed by atoms with Crippen LogP contribution in [-0.2, 0) is 18.4 Å². The molecule has 1 saturated carbocycles. The number of rotatable bonds is 49. The van der Waals surface area contributed by atoms with Crippen molar-refractivity contribution >= 4 is 13.7 Å². The van der Waals surface area contributed by atoms with Gasteiger partial charge in [0.05, 0.1) is 31.3 Å². The van der Waals surface area contributed by atoms with E-state index in [1.54, 1.807) is 6.08 Å². The van der Waals surface area contributed by atoms with Gasteiger partial charge in [-0.3, -0.25) is 13.8 Å². The molecular weight excluding hydrogens is 934 g/mol. The normalized spacial score (nSPS) is 21.9. The molecule has 0 aromatic rings. The van der Waals surface area contributed by atoms with Crippen LogP contribution >= 0.6 is 7.82 Å². The summed E-state index contributed by atoms with van der Waals surface area (Å²) < 4.78 is 23.0. The van der Waals surface area contributed by atoms with Gasteiger partial charge >= 0.3 is 7.82 Å². The lowest BCUT2D eigenvalue weighted by Gasteiger charge is -2.41. The molecule has 8 atom stereocenters. The topological polar surface area (TPSA) is 226 Å². The molecule has 0 saturated heterocycles. The lowest BCUT2D eigenvalue weighted by atomic mass is 9.85. The highest BCUT2D eigenvalue weighted by atomic mass is 31.2. The summed E-state index contributed by atoms with van der Waals surface area (Å²) >= 11 is 0. The van der Waals surface area contributed by atoms with E-state index in [1.165, 1.54) is 154 Å². The van der Waals surface area contributed by atoms with Crippen LogP contribution < -0.4 is 5.32 Å². The smallest absolute Gasteiger partial charge is 0.393 e. The Balaban J connectivity index is 2.46. The summed E-state index contributed by atoms with van der Waals surface area (Å²) in [5.74, 6) is -0.610. The van der Waals surface area contributed by atoms with Crippen LogP contribution in [0.2, 0.25) is 0 Å². The zero-order valence-electron chi connectivity index (χ0n) is 45.3. The van der Waals surface area contributed by atoms with Crippen LogP contribution in [0.5, 0.6) is 0 Å². The molecule has 72 heavy (non-hydrogen) atoms. The van der Waals surface area contributed by atoms with Crippen LogP contribution in [0.25, 0.3) is 0 Å². The van der Waals surface area contributed by atoms with Crippen LogP contribution in [0.4, 0.5) is 0 Å². The summed E-state index contributed by atoms with van der Waals surface area (Å²) in [5.41, 5.74) is 0. The highest BCUT2D eigenvalue weighted by Gasteiger charge is 2.51. The molecule has 1 rings (SSSR count). The molecule has 0 aromatic carbocycles. The Labute approximate surface area is 438 Å². The third-order valence-corrected chi connectivity index (χ3v) is 14.8. The van der Waals surface area contributed by atoms with E-state index in [0.717, 1.165) is 64.2 Å². The van der Waals surface area contributed by atoms with Gasteiger partial charge in [0.25, 0.3) is 0 Å². The van der Waals surface area contributed by atoms with Gasteiger partial charge in [0.2, 0.25) is 5.91 Å². The molecule has 13 nitrogen and oxygen atoms in total. The van der Waals surface area contributed by atoms with Gasteiger partial charge in [-0.25, -0.2) is 4.57 Å².